The lowest BCUT2D eigenvalue weighted by Gasteiger charge is -2.33. The first-order valence-electron chi connectivity index (χ1n) is 8.09. The molecule has 1 saturated heterocycles. The van der Waals surface area contributed by atoms with Crippen LogP contribution >= 0.6 is 0 Å². The average molecular weight is 329 g/mol. The van der Waals surface area contributed by atoms with Crippen LogP contribution in [0.2, 0.25) is 0 Å². The van der Waals surface area contributed by atoms with E-state index in [4.69, 9.17) is 5.21 Å². The summed E-state index contributed by atoms with van der Waals surface area (Å²) in [4.78, 5) is 18.8. The maximum Gasteiger partial charge on any atom is 0.250 e. The van der Waals surface area contributed by atoms with E-state index in [0.717, 1.165) is 31.5 Å². The van der Waals surface area contributed by atoms with Crippen molar-refractivity contribution in [3.05, 3.63) is 53.6 Å². The highest BCUT2D eigenvalue weighted by Gasteiger charge is 2.29. The van der Waals surface area contributed by atoms with Gasteiger partial charge in [0, 0.05) is 13.1 Å². The molecule has 24 heavy (non-hydrogen) atoms. The van der Waals surface area contributed by atoms with E-state index in [2.05, 4.69) is 11.9 Å². The molecule has 128 valence electrons. The molecular weight excluding hydrogens is 308 g/mol. The van der Waals surface area contributed by atoms with Crippen molar-refractivity contribution in [3.63, 3.8) is 0 Å². The Balaban J connectivity index is 1.91. The van der Waals surface area contributed by atoms with Crippen LogP contribution in [0.25, 0.3) is 0 Å². The Morgan fingerprint density at radius 3 is 2.58 bits per heavy atom. The topological polar surface area (TPSA) is 84.7 Å². The first kappa shape index (κ1) is 16.5. The third kappa shape index (κ3) is 3.42. The number of imidazole rings is 1. The van der Waals surface area contributed by atoms with Crippen LogP contribution in [0.5, 0.6) is 0 Å². The molecule has 3 rings (SSSR count). The molecule has 1 N–H and O–H groups in total. The third-order valence-corrected chi connectivity index (χ3v) is 4.53. The van der Waals surface area contributed by atoms with E-state index in [1.54, 1.807) is 4.57 Å². The summed E-state index contributed by atoms with van der Waals surface area (Å²) < 4.78 is 1.58. The number of hydrogen-bond acceptors (Lipinski definition) is 5. The molecule has 2 heterocycles. The average Bonchev–Trinajstić information content (AvgIpc) is 3.06. The predicted octanol–water partition coefficient (Wildman–Crippen LogP) is 2.42. The molecule has 1 atom stereocenters. The van der Waals surface area contributed by atoms with E-state index in [1.807, 2.05) is 35.2 Å². The van der Waals surface area contributed by atoms with Crippen LogP contribution in [0.4, 0.5) is 5.82 Å². The molecule has 1 fully saturated rings. The van der Waals surface area contributed by atoms with Gasteiger partial charge >= 0.3 is 0 Å². The van der Waals surface area contributed by atoms with Crippen molar-refractivity contribution in [2.75, 3.05) is 18.3 Å². The lowest BCUT2D eigenvalue weighted by Crippen LogP contribution is -2.42. The summed E-state index contributed by atoms with van der Waals surface area (Å²) in [6.07, 6.45) is 4.77. The van der Waals surface area contributed by atoms with Crippen molar-refractivity contribution in [1.82, 2.24) is 14.5 Å². The van der Waals surface area contributed by atoms with E-state index < -0.39 is 6.04 Å². The van der Waals surface area contributed by atoms with Gasteiger partial charge in [0.1, 0.15) is 6.04 Å². The Labute approximate surface area is 140 Å². The Kier molecular flexibility index (Phi) is 4.82. The number of benzene rings is 1. The van der Waals surface area contributed by atoms with Crippen LogP contribution in [-0.4, -0.2) is 38.7 Å². The smallest absolute Gasteiger partial charge is 0.250 e. The molecule has 0 bridgehead atoms. The molecule has 1 aliphatic heterocycles. The number of piperidine rings is 1. The third-order valence-electron chi connectivity index (χ3n) is 4.53. The zero-order valence-electron chi connectivity index (χ0n) is 13.6. The minimum atomic E-state index is -0.596. The number of hydrogen-bond donors (Lipinski definition) is 1. The van der Waals surface area contributed by atoms with E-state index in [0.29, 0.717) is 5.92 Å². The van der Waals surface area contributed by atoms with Crippen LogP contribution in [0.1, 0.15) is 31.4 Å². The van der Waals surface area contributed by atoms with Crippen molar-refractivity contribution in [2.24, 2.45) is 5.92 Å². The quantitative estimate of drug-likeness (QED) is 0.871. The number of nitrogens with zero attached hydrogens (tertiary/aromatic N) is 4. The van der Waals surface area contributed by atoms with Gasteiger partial charge < -0.3 is 19.9 Å². The maximum absolute atomic E-state index is 13.1. The van der Waals surface area contributed by atoms with Crippen molar-refractivity contribution >= 4 is 11.7 Å². The van der Waals surface area contributed by atoms with Crippen LogP contribution in [0, 0.1) is 11.1 Å². The Hall–Kier alpha value is -2.38. The summed E-state index contributed by atoms with van der Waals surface area (Å²) in [7, 11) is 0. The zero-order valence-corrected chi connectivity index (χ0v) is 13.6. The minimum absolute atomic E-state index is 0.0209. The fourth-order valence-electron chi connectivity index (χ4n) is 3.05. The lowest BCUT2D eigenvalue weighted by molar-refractivity contribution is -0.134. The Bertz CT molecular complexity index is 678. The summed E-state index contributed by atoms with van der Waals surface area (Å²) in [5.74, 6) is 0.468. The first-order valence-corrected chi connectivity index (χ1v) is 8.09. The normalized spacial score (nSPS) is 16.9. The number of likely N-dealkylation sites (tertiary alicyclic amines) is 1. The van der Waals surface area contributed by atoms with Crippen LogP contribution in [-0.2, 0) is 4.79 Å². The molecule has 0 aliphatic carbocycles. The SMILES string of the molecule is CC1CCN(C(=O)C(c2ccccc2)n2cnc(N([O-])O)c2)CC1. The van der Waals surface area contributed by atoms with Crippen LogP contribution in [0.3, 0.4) is 0 Å². The highest BCUT2D eigenvalue weighted by molar-refractivity contribution is 5.84. The summed E-state index contributed by atoms with van der Waals surface area (Å²) in [6, 6.07) is 8.79. The Morgan fingerprint density at radius 1 is 1.33 bits per heavy atom. The van der Waals surface area contributed by atoms with Gasteiger partial charge in [0.05, 0.1) is 12.5 Å². The van der Waals surface area contributed by atoms with Gasteiger partial charge in [-0.2, -0.15) is 0 Å². The second kappa shape index (κ2) is 7.02. The van der Waals surface area contributed by atoms with E-state index in [-0.39, 0.29) is 17.0 Å². The van der Waals surface area contributed by atoms with Crippen molar-refractivity contribution < 1.29 is 10.0 Å². The van der Waals surface area contributed by atoms with Crippen molar-refractivity contribution in [3.8, 4) is 0 Å². The van der Waals surface area contributed by atoms with Crippen molar-refractivity contribution in [2.45, 2.75) is 25.8 Å². The second-order valence-electron chi connectivity index (χ2n) is 6.27. The molecule has 2 aromatic rings. The maximum atomic E-state index is 13.1. The minimum Gasteiger partial charge on any atom is -0.732 e. The highest BCUT2D eigenvalue weighted by atomic mass is 16.8. The first-order chi connectivity index (χ1) is 11.6. The highest BCUT2D eigenvalue weighted by Crippen LogP contribution is 2.26. The molecule has 1 aromatic heterocycles. The molecule has 0 spiro atoms. The van der Waals surface area contributed by atoms with Gasteiger partial charge in [0.2, 0.25) is 5.91 Å². The van der Waals surface area contributed by atoms with Crippen LogP contribution < -0.4 is 5.23 Å². The van der Waals surface area contributed by atoms with Crippen LogP contribution in [0.15, 0.2) is 42.9 Å². The molecule has 1 aromatic carbocycles. The molecule has 0 radical (unpaired) electrons. The van der Waals surface area contributed by atoms with E-state index in [9.17, 15) is 10.0 Å². The second-order valence-corrected chi connectivity index (χ2v) is 6.27. The fourth-order valence-corrected chi connectivity index (χ4v) is 3.05. The number of amides is 1. The standard InChI is InChI=1S/C17H21N4O3/c1-13-7-9-19(10-8-13)17(22)16(14-5-3-2-4-6-14)20-11-15(18-12-20)21(23)24/h2-6,11-13,16,23H,7-10H2,1H3/q-1. The zero-order chi connectivity index (χ0) is 17.1. The number of aromatic nitrogens is 2. The molecule has 1 amide bonds. The lowest BCUT2D eigenvalue weighted by atomic mass is 9.97. The predicted molar refractivity (Wildman–Crippen MR) is 89.4 cm³/mol. The monoisotopic (exact) mass is 329 g/mol. The number of carbonyl (C=O) groups is 1. The van der Waals surface area contributed by atoms with Gasteiger partial charge in [0.25, 0.3) is 0 Å². The van der Waals surface area contributed by atoms with Gasteiger partial charge in [-0.3, -0.25) is 10.0 Å². The fraction of sp³-hybridized carbons (Fsp3) is 0.412. The van der Waals surface area contributed by atoms with Gasteiger partial charge in [-0.05, 0) is 24.3 Å². The summed E-state index contributed by atoms with van der Waals surface area (Å²) in [6.45, 7) is 3.67. The molecule has 7 heteroatoms. The van der Waals surface area contributed by atoms with Crippen molar-refractivity contribution in [1.29, 1.82) is 0 Å². The molecule has 1 unspecified atom stereocenters. The molecule has 1 aliphatic rings. The summed E-state index contributed by atoms with van der Waals surface area (Å²) >= 11 is 0. The van der Waals surface area contributed by atoms with E-state index >= 15 is 0 Å². The van der Waals surface area contributed by atoms with Gasteiger partial charge in [0.15, 0.2) is 5.82 Å². The molecule has 7 nitrogen and oxygen atoms in total. The number of carbonyl (C=O) groups excluding carboxylic acids is 1. The van der Waals surface area contributed by atoms with Gasteiger partial charge in [-0.15, -0.1) is 0 Å². The largest absolute Gasteiger partial charge is 0.732 e. The summed E-state index contributed by atoms with van der Waals surface area (Å²) in [5.41, 5.74) is 0.820. The molecular formula is C17H21N4O3-. The summed E-state index contributed by atoms with van der Waals surface area (Å²) in [5, 5.41) is 19.7. The number of anilines is 1. The molecule has 0 saturated carbocycles. The number of rotatable bonds is 4. The van der Waals surface area contributed by atoms with Gasteiger partial charge in [-0.25, -0.2) is 4.98 Å². The van der Waals surface area contributed by atoms with E-state index in [1.165, 1.54) is 12.5 Å². The Morgan fingerprint density at radius 2 is 2.00 bits per heavy atom. The van der Waals surface area contributed by atoms with Gasteiger partial charge in [-0.1, -0.05) is 37.3 Å².